The standard InChI is InChI=1S/C23H14N2OS/c1-2-4-20-14(3-1)10-21(26-20)15-5-6-17-12-23(27-22(17)11-15)16-7-8-18-19(9-16)25-13-24-18/h1-13H,(H,24,25). The Morgan fingerprint density at radius 2 is 1.74 bits per heavy atom. The van der Waals surface area contributed by atoms with Crippen LogP contribution < -0.4 is 0 Å². The monoisotopic (exact) mass is 366 g/mol. The number of nitrogens with zero attached hydrogens (tertiary/aromatic N) is 1. The second kappa shape index (κ2) is 5.56. The van der Waals surface area contributed by atoms with Gasteiger partial charge in [0.25, 0.3) is 0 Å². The van der Waals surface area contributed by atoms with Crippen molar-refractivity contribution < 1.29 is 4.42 Å². The highest BCUT2D eigenvalue weighted by molar-refractivity contribution is 7.22. The number of thiophene rings is 1. The summed E-state index contributed by atoms with van der Waals surface area (Å²) in [5, 5.41) is 2.38. The molecule has 4 heteroatoms. The molecule has 0 aliphatic carbocycles. The van der Waals surface area contributed by atoms with Crippen LogP contribution >= 0.6 is 11.3 Å². The summed E-state index contributed by atoms with van der Waals surface area (Å²) < 4.78 is 7.28. The number of aromatic amines is 1. The predicted molar refractivity (Wildman–Crippen MR) is 112 cm³/mol. The molecule has 0 unspecified atom stereocenters. The summed E-state index contributed by atoms with van der Waals surface area (Å²) in [5.74, 6) is 0.909. The molecule has 6 aromatic rings. The van der Waals surface area contributed by atoms with Gasteiger partial charge in [-0.25, -0.2) is 4.98 Å². The highest BCUT2D eigenvalue weighted by Gasteiger charge is 2.10. The molecule has 3 aromatic heterocycles. The molecule has 0 spiro atoms. The fraction of sp³-hybridized carbons (Fsp3) is 0. The third-order valence-corrected chi connectivity index (χ3v) is 6.08. The van der Waals surface area contributed by atoms with E-state index in [9.17, 15) is 0 Å². The van der Waals surface area contributed by atoms with Gasteiger partial charge in [0.05, 0.1) is 17.4 Å². The van der Waals surface area contributed by atoms with Crippen molar-refractivity contribution in [1.82, 2.24) is 9.97 Å². The van der Waals surface area contributed by atoms with Gasteiger partial charge in [-0.2, -0.15) is 0 Å². The van der Waals surface area contributed by atoms with Crippen LogP contribution in [0.25, 0.3) is 53.9 Å². The number of para-hydroxylation sites is 1. The topological polar surface area (TPSA) is 41.8 Å². The van der Waals surface area contributed by atoms with Crippen LogP contribution in [0.15, 0.2) is 83.5 Å². The van der Waals surface area contributed by atoms with Gasteiger partial charge in [-0.05, 0) is 47.3 Å². The highest BCUT2D eigenvalue weighted by Crippen LogP contribution is 2.37. The SMILES string of the molecule is c1ccc2oc(-c3ccc4cc(-c5ccc6nc[nH]c6c5)sc4c3)cc2c1. The number of fused-ring (bicyclic) bond motifs is 3. The number of benzene rings is 3. The molecule has 0 radical (unpaired) electrons. The molecule has 3 nitrogen and oxygen atoms in total. The molecule has 0 atom stereocenters. The number of aromatic nitrogens is 2. The molecule has 3 heterocycles. The van der Waals surface area contributed by atoms with Crippen LogP contribution in [0.5, 0.6) is 0 Å². The van der Waals surface area contributed by atoms with Crippen molar-refractivity contribution in [2.75, 3.05) is 0 Å². The molecule has 0 saturated carbocycles. The summed E-state index contributed by atoms with van der Waals surface area (Å²) in [6.07, 6.45) is 1.74. The number of hydrogen-bond acceptors (Lipinski definition) is 3. The van der Waals surface area contributed by atoms with Crippen LogP contribution in [0.4, 0.5) is 0 Å². The minimum atomic E-state index is 0.909. The van der Waals surface area contributed by atoms with E-state index in [4.69, 9.17) is 4.42 Å². The Balaban J connectivity index is 1.46. The first-order valence-electron chi connectivity index (χ1n) is 8.80. The average molecular weight is 366 g/mol. The third kappa shape index (κ3) is 2.38. The number of rotatable bonds is 2. The Hall–Kier alpha value is -3.37. The average Bonchev–Trinajstić information content (AvgIpc) is 3.42. The number of hydrogen-bond donors (Lipinski definition) is 1. The first kappa shape index (κ1) is 14.8. The van der Waals surface area contributed by atoms with E-state index < -0.39 is 0 Å². The van der Waals surface area contributed by atoms with Gasteiger partial charge in [-0.15, -0.1) is 11.3 Å². The van der Waals surface area contributed by atoms with Gasteiger partial charge in [0.1, 0.15) is 11.3 Å². The molecule has 128 valence electrons. The second-order valence-electron chi connectivity index (χ2n) is 6.65. The first-order valence-corrected chi connectivity index (χ1v) is 9.61. The summed E-state index contributed by atoms with van der Waals surface area (Å²) in [6, 6.07) is 25.4. The van der Waals surface area contributed by atoms with E-state index in [1.807, 2.05) is 18.2 Å². The van der Waals surface area contributed by atoms with Crippen LogP contribution in [0.2, 0.25) is 0 Å². The molecule has 0 saturated heterocycles. The Labute approximate surface area is 158 Å². The number of nitrogens with one attached hydrogen (secondary N) is 1. The molecule has 0 aliphatic rings. The lowest BCUT2D eigenvalue weighted by atomic mass is 10.1. The van der Waals surface area contributed by atoms with Crippen LogP contribution in [0.1, 0.15) is 0 Å². The van der Waals surface area contributed by atoms with Gasteiger partial charge < -0.3 is 9.40 Å². The van der Waals surface area contributed by atoms with E-state index in [1.54, 1.807) is 17.7 Å². The summed E-state index contributed by atoms with van der Waals surface area (Å²) >= 11 is 1.80. The molecular weight excluding hydrogens is 352 g/mol. The normalized spacial score (nSPS) is 11.7. The Morgan fingerprint density at radius 3 is 2.70 bits per heavy atom. The summed E-state index contributed by atoms with van der Waals surface area (Å²) in [5.41, 5.74) is 5.29. The minimum absolute atomic E-state index is 0.909. The van der Waals surface area contributed by atoms with Crippen molar-refractivity contribution >= 4 is 43.4 Å². The third-order valence-electron chi connectivity index (χ3n) is 4.93. The van der Waals surface area contributed by atoms with Crippen LogP contribution in [-0.2, 0) is 0 Å². The fourth-order valence-electron chi connectivity index (χ4n) is 3.54. The van der Waals surface area contributed by atoms with E-state index in [0.717, 1.165) is 33.3 Å². The lowest BCUT2D eigenvalue weighted by molar-refractivity contribution is 0.631. The largest absolute Gasteiger partial charge is 0.456 e. The summed E-state index contributed by atoms with van der Waals surface area (Å²) in [4.78, 5) is 8.74. The van der Waals surface area contributed by atoms with E-state index in [0.29, 0.717) is 0 Å². The van der Waals surface area contributed by atoms with Gasteiger partial charge in [0, 0.05) is 20.5 Å². The maximum Gasteiger partial charge on any atom is 0.135 e. The van der Waals surface area contributed by atoms with Crippen LogP contribution in [0.3, 0.4) is 0 Å². The zero-order valence-corrected chi connectivity index (χ0v) is 15.1. The fourth-order valence-corrected chi connectivity index (χ4v) is 4.64. The van der Waals surface area contributed by atoms with Gasteiger partial charge in [-0.1, -0.05) is 36.4 Å². The quantitative estimate of drug-likeness (QED) is 0.364. The number of imidazole rings is 1. The van der Waals surface area contributed by atoms with Crippen molar-refractivity contribution in [3.63, 3.8) is 0 Å². The van der Waals surface area contributed by atoms with Gasteiger partial charge in [-0.3, -0.25) is 0 Å². The lowest BCUT2D eigenvalue weighted by Gasteiger charge is -1.97. The zero-order chi connectivity index (χ0) is 17.8. The van der Waals surface area contributed by atoms with Gasteiger partial charge in [0.15, 0.2) is 0 Å². The maximum absolute atomic E-state index is 6.03. The predicted octanol–water partition coefficient (Wildman–Crippen LogP) is 6.86. The number of furan rings is 1. The molecule has 6 rings (SSSR count). The van der Waals surface area contributed by atoms with E-state index >= 15 is 0 Å². The molecule has 1 N–H and O–H groups in total. The number of H-pyrrole nitrogens is 1. The molecule has 0 amide bonds. The van der Waals surface area contributed by atoms with Crippen molar-refractivity contribution in [1.29, 1.82) is 0 Å². The highest BCUT2D eigenvalue weighted by atomic mass is 32.1. The van der Waals surface area contributed by atoms with Gasteiger partial charge >= 0.3 is 0 Å². The summed E-state index contributed by atoms with van der Waals surface area (Å²) in [7, 11) is 0. The Kier molecular flexibility index (Phi) is 3.04. The van der Waals surface area contributed by atoms with Crippen molar-refractivity contribution in [3.8, 4) is 21.8 Å². The van der Waals surface area contributed by atoms with Crippen molar-refractivity contribution in [2.45, 2.75) is 0 Å². The minimum Gasteiger partial charge on any atom is -0.456 e. The van der Waals surface area contributed by atoms with Crippen LogP contribution in [0, 0.1) is 0 Å². The Bertz CT molecular complexity index is 1400. The molecule has 0 fully saturated rings. The first-order chi connectivity index (χ1) is 13.3. The van der Waals surface area contributed by atoms with Crippen molar-refractivity contribution in [3.05, 3.63) is 79.1 Å². The van der Waals surface area contributed by atoms with E-state index in [1.165, 1.54) is 20.5 Å². The molecule has 3 aromatic carbocycles. The van der Waals surface area contributed by atoms with Crippen molar-refractivity contribution in [2.24, 2.45) is 0 Å². The maximum atomic E-state index is 6.03. The summed E-state index contributed by atoms with van der Waals surface area (Å²) in [6.45, 7) is 0. The second-order valence-corrected chi connectivity index (χ2v) is 7.73. The zero-order valence-electron chi connectivity index (χ0n) is 14.3. The smallest absolute Gasteiger partial charge is 0.135 e. The molecule has 0 bridgehead atoms. The Morgan fingerprint density at radius 1 is 0.815 bits per heavy atom. The van der Waals surface area contributed by atoms with Crippen LogP contribution in [-0.4, -0.2) is 9.97 Å². The molecular formula is C23H14N2OS. The molecule has 0 aliphatic heterocycles. The lowest BCUT2D eigenvalue weighted by Crippen LogP contribution is -1.73. The molecule has 27 heavy (non-hydrogen) atoms. The van der Waals surface area contributed by atoms with Gasteiger partial charge in [0.2, 0.25) is 0 Å². The van der Waals surface area contributed by atoms with E-state index in [-0.39, 0.29) is 0 Å². The van der Waals surface area contributed by atoms with E-state index in [2.05, 4.69) is 64.6 Å².